The molecule has 0 aliphatic carbocycles. The molecule has 1 atom stereocenters. The van der Waals surface area contributed by atoms with Crippen molar-refractivity contribution in [3.63, 3.8) is 0 Å². The van der Waals surface area contributed by atoms with Crippen LogP contribution in [-0.4, -0.2) is 25.1 Å². The third-order valence-electron chi connectivity index (χ3n) is 3.18. The molecule has 1 aliphatic heterocycles. The van der Waals surface area contributed by atoms with Gasteiger partial charge in [0.2, 0.25) is 0 Å². The summed E-state index contributed by atoms with van der Waals surface area (Å²) >= 11 is 1.92. The summed E-state index contributed by atoms with van der Waals surface area (Å²) in [6, 6.07) is 5.23. The standard InChI is InChI=1S/C11H18NS.ClH/c1-12(2)8-4-3-6-10(12)11-7-5-9-13-11;/h5,7,9-10H,3-4,6,8H2,1-2H3;1H/q+1;/p-1. The summed E-state index contributed by atoms with van der Waals surface area (Å²) in [7, 11) is 4.73. The summed E-state index contributed by atoms with van der Waals surface area (Å²) in [4.78, 5) is 1.57. The topological polar surface area (TPSA) is 0 Å². The van der Waals surface area contributed by atoms with E-state index in [1.807, 2.05) is 11.3 Å². The van der Waals surface area contributed by atoms with Gasteiger partial charge in [-0.25, -0.2) is 0 Å². The molecular formula is C11H18ClNS. The normalized spacial score (nSPS) is 25.4. The van der Waals surface area contributed by atoms with Crippen LogP contribution >= 0.6 is 11.3 Å². The number of nitrogens with zero attached hydrogens (tertiary/aromatic N) is 1. The van der Waals surface area contributed by atoms with E-state index in [0.717, 1.165) is 6.04 Å². The van der Waals surface area contributed by atoms with Crippen LogP contribution in [0.25, 0.3) is 0 Å². The van der Waals surface area contributed by atoms with Crippen molar-refractivity contribution in [2.75, 3.05) is 20.6 Å². The lowest BCUT2D eigenvalue weighted by molar-refractivity contribution is -0.925. The van der Waals surface area contributed by atoms with Crippen LogP contribution in [0.15, 0.2) is 17.5 Å². The average Bonchev–Trinajstić information content (AvgIpc) is 2.55. The van der Waals surface area contributed by atoms with Gasteiger partial charge in [-0.2, -0.15) is 0 Å². The number of halogens is 1. The molecule has 1 aromatic rings. The minimum Gasteiger partial charge on any atom is -1.00 e. The summed E-state index contributed by atoms with van der Waals surface area (Å²) in [5.41, 5.74) is 0. The maximum absolute atomic E-state index is 2.36. The Morgan fingerprint density at radius 3 is 2.71 bits per heavy atom. The van der Waals surface area contributed by atoms with Crippen LogP contribution in [0.3, 0.4) is 0 Å². The predicted molar refractivity (Wildman–Crippen MR) is 57.9 cm³/mol. The Morgan fingerprint density at radius 2 is 2.14 bits per heavy atom. The van der Waals surface area contributed by atoms with Gasteiger partial charge in [0.15, 0.2) is 0 Å². The summed E-state index contributed by atoms with van der Waals surface area (Å²) in [6.07, 6.45) is 4.17. The van der Waals surface area contributed by atoms with E-state index in [9.17, 15) is 0 Å². The van der Waals surface area contributed by atoms with Gasteiger partial charge in [0, 0.05) is 6.42 Å². The van der Waals surface area contributed by atoms with Crippen LogP contribution < -0.4 is 12.4 Å². The zero-order valence-corrected chi connectivity index (χ0v) is 10.4. The highest BCUT2D eigenvalue weighted by Gasteiger charge is 2.33. The summed E-state index contributed by atoms with van der Waals surface area (Å²) in [6.45, 7) is 1.34. The minimum absolute atomic E-state index is 0. The molecule has 0 radical (unpaired) electrons. The Kier molecular flexibility index (Phi) is 3.99. The second kappa shape index (κ2) is 4.65. The van der Waals surface area contributed by atoms with E-state index in [1.54, 1.807) is 4.88 Å². The molecule has 80 valence electrons. The average molecular weight is 232 g/mol. The van der Waals surface area contributed by atoms with Gasteiger partial charge in [-0.1, -0.05) is 6.07 Å². The molecular weight excluding hydrogens is 214 g/mol. The number of rotatable bonds is 1. The molecule has 1 aromatic heterocycles. The predicted octanol–water partition coefficient (Wildman–Crippen LogP) is 0.0535. The van der Waals surface area contributed by atoms with Gasteiger partial charge in [-0.15, -0.1) is 11.3 Å². The highest BCUT2D eigenvalue weighted by molar-refractivity contribution is 7.10. The van der Waals surface area contributed by atoms with E-state index in [0.29, 0.717) is 0 Å². The molecule has 1 aliphatic rings. The number of hydrogen-bond acceptors (Lipinski definition) is 1. The van der Waals surface area contributed by atoms with E-state index in [4.69, 9.17) is 0 Å². The quantitative estimate of drug-likeness (QED) is 0.600. The van der Waals surface area contributed by atoms with Crippen molar-refractivity contribution < 1.29 is 16.9 Å². The fraction of sp³-hybridized carbons (Fsp3) is 0.636. The third kappa shape index (κ3) is 2.30. The number of hydrogen-bond donors (Lipinski definition) is 0. The number of thiophene rings is 1. The molecule has 3 heteroatoms. The molecule has 0 aromatic carbocycles. The SMILES string of the molecule is C[N+]1(C)CCCCC1c1cccs1.[Cl-]. The Hall–Kier alpha value is -0.0500. The lowest BCUT2D eigenvalue weighted by atomic mass is 9.99. The summed E-state index contributed by atoms with van der Waals surface area (Å²) in [5, 5.41) is 2.20. The Bertz CT molecular complexity index is 269. The van der Waals surface area contributed by atoms with Crippen LogP contribution in [0.2, 0.25) is 0 Å². The smallest absolute Gasteiger partial charge is 0.123 e. The van der Waals surface area contributed by atoms with Gasteiger partial charge in [0.05, 0.1) is 25.5 Å². The van der Waals surface area contributed by atoms with Crippen molar-refractivity contribution in [3.8, 4) is 0 Å². The molecule has 14 heavy (non-hydrogen) atoms. The van der Waals surface area contributed by atoms with Crippen molar-refractivity contribution in [1.29, 1.82) is 0 Å². The van der Waals surface area contributed by atoms with Crippen molar-refractivity contribution in [1.82, 2.24) is 0 Å². The molecule has 1 fully saturated rings. The summed E-state index contributed by atoms with van der Waals surface area (Å²) < 4.78 is 1.18. The molecule has 2 heterocycles. The third-order valence-corrected chi connectivity index (χ3v) is 4.15. The minimum atomic E-state index is 0. The lowest BCUT2D eigenvalue weighted by Gasteiger charge is -2.41. The summed E-state index contributed by atoms with van der Waals surface area (Å²) in [5.74, 6) is 0. The fourth-order valence-electron chi connectivity index (χ4n) is 2.33. The van der Waals surface area contributed by atoms with E-state index in [-0.39, 0.29) is 12.4 Å². The van der Waals surface area contributed by atoms with Gasteiger partial charge in [-0.05, 0) is 24.3 Å². The second-order valence-corrected chi connectivity index (χ2v) is 5.51. The Balaban J connectivity index is 0.000000980. The van der Waals surface area contributed by atoms with Crippen LogP contribution in [0.1, 0.15) is 30.2 Å². The first kappa shape index (κ1) is 12.0. The maximum Gasteiger partial charge on any atom is 0.123 e. The van der Waals surface area contributed by atoms with Crippen molar-refractivity contribution in [3.05, 3.63) is 22.4 Å². The van der Waals surface area contributed by atoms with Gasteiger partial charge < -0.3 is 16.9 Å². The van der Waals surface area contributed by atoms with Crippen LogP contribution in [-0.2, 0) is 0 Å². The second-order valence-electron chi connectivity index (χ2n) is 4.53. The van der Waals surface area contributed by atoms with Gasteiger partial charge in [0.25, 0.3) is 0 Å². The zero-order valence-electron chi connectivity index (χ0n) is 8.87. The van der Waals surface area contributed by atoms with Crippen LogP contribution in [0.5, 0.6) is 0 Å². The molecule has 1 nitrogen and oxygen atoms in total. The first-order valence-electron chi connectivity index (χ1n) is 5.06. The first-order valence-corrected chi connectivity index (χ1v) is 5.94. The zero-order chi connectivity index (χ0) is 9.31. The lowest BCUT2D eigenvalue weighted by Crippen LogP contribution is -3.00. The maximum atomic E-state index is 2.36. The van der Waals surface area contributed by atoms with Gasteiger partial charge >= 0.3 is 0 Å². The highest BCUT2D eigenvalue weighted by Crippen LogP contribution is 2.36. The largest absolute Gasteiger partial charge is 1.00 e. The Labute approximate surface area is 96.7 Å². The van der Waals surface area contributed by atoms with E-state index < -0.39 is 0 Å². The van der Waals surface area contributed by atoms with Crippen LogP contribution in [0, 0.1) is 0 Å². The molecule has 1 saturated heterocycles. The molecule has 2 rings (SSSR count). The van der Waals surface area contributed by atoms with E-state index >= 15 is 0 Å². The van der Waals surface area contributed by atoms with E-state index in [2.05, 4.69) is 31.6 Å². The Morgan fingerprint density at radius 1 is 1.36 bits per heavy atom. The van der Waals surface area contributed by atoms with Crippen molar-refractivity contribution in [2.24, 2.45) is 0 Å². The molecule has 0 spiro atoms. The number of piperidine rings is 1. The first-order chi connectivity index (χ1) is 6.20. The number of quaternary nitrogens is 1. The number of likely N-dealkylation sites (tertiary alicyclic amines) is 1. The monoisotopic (exact) mass is 231 g/mol. The van der Waals surface area contributed by atoms with E-state index in [1.165, 1.54) is 30.3 Å². The molecule has 1 unspecified atom stereocenters. The van der Waals surface area contributed by atoms with Crippen molar-refractivity contribution in [2.45, 2.75) is 25.3 Å². The molecule has 0 saturated carbocycles. The fourth-order valence-corrected chi connectivity index (χ4v) is 3.36. The highest BCUT2D eigenvalue weighted by atomic mass is 35.5. The van der Waals surface area contributed by atoms with Gasteiger partial charge in [0.1, 0.15) is 6.04 Å². The molecule has 0 N–H and O–H groups in total. The van der Waals surface area contributed by atoms with Crippen molar-refractivity contribution >= 4 is 11.3 Å². The van der Waals surface area contributed by atoms with Gasteiger partial charge in [-0.3, -0.25) is 0 Å². The molecule has 0 amide bonds. The molecule has 0 bridgehead atoms. The van der Waals surface area contributed by atoms with Crippen LogP contribution in [0.4, 0.5) is 0 Å².